The first-order valence-electron chi connectivity index (χ1n) is 12.0. The van der Waals surface area contributed by atoms with E-state index in [1.54, 1.807) is 44.1 Å². The zero-order valence-electron chi connectivity index (χ0n) is 21.5. The number of ether oxygens (including phenoxy) is 2. The van der Waals surface area contributed by atoms with E-state index in [2.05, 4.69) is 20.4 Å². The van der Waals surface area contributed by atoms with E-state index in [1.807, 2.05) is 6.92 Å². The van der Waals surface area contributed by atoms with Crippen molar-refractivity contribution in [3.63, 3.8) is 0 Å². The van der Waals surface area contributed by atoms with Crippen LogP contribution in [0.25, 0.3) is 17.0 Å². The van der Waals surface area contributed by atoms with Crippen LogP contribution in [0.1, 0.15) is 37.5 Å². The van der Waals surface area contributed by atoms with Crippen molar-refractivity contribution in [2.75, 3.05) is 19.0 Å². The Bertz CT molecular complexity index is 1450. The number of aromatic nitrogens is 3. The van der Waals surface area contributed by atoms with Crippen LogP contribution in [-0.2, 0) is 23.2 Å². The molecule has 4 rings (SSSR count). The normalized spacial score (nSPS) is 19.1. The molecular weight excluding hydrogens is 510 g/mol. The van der Waals surface area contributed by atoms with E-state index in [1.165, 1.54) is 18.2 Å². The van der Waals surface area contributed by atoms with E-state index in [0.29, 0.717) is 40.2 Å². The van der Waals surface area contributed by atoms with Gasteiger partial charge in [0.2, 0.25) is 0 Å². The molecule has 3 aromatic rings. The van der Waals surface area contributed by atoms with Crippen molar-refractivity contribution >= 4 is 43.3 Å². The van der Waals surface area contributed by atoms with Crippen molar-refractivity contribution in [1.82, 2.24) is 14.8 Å². The highest BCUT2D eigenvalue weighted by Gasteiger charge is 2.31. The van der Waals surface area contributed by atoms with Gasteiger partial charge in [-0.25, -0.2) is 14.2 Å². The first-order chi connectivity index (χ1) is 18.1. The molecule has 0 spiro atoms. The molecule has 196 valence electrons. The fourth-order valence-electron chi connectivity index (χ4n) is 4.36. The summed E-state index contributed by atoms with van der Waals surface area (Å²) in [5, 5.41) is 7.35. The molecule has 0 saturated heterocycles. The van der Waals surface area contributed by atoms with Gasteiger partial charge in [0.05, 0.1) is 17.8 Å². The number of nitrogens with zero attached hydrogens (tertiary/aromatic N) is 4. The second-order valence-corrected chi connectivity index (χ2v) is 9.11. The SMILES string of the molecule is [B][C@]1(C)Oc2cc(cnc2NC(=O)OCC)-c2c(c(Cl)nn2CC)C/C(C=NC)=C(/N)c2ccc(F)cc21. The van der Waals surface area contributed by atoms with Crippen LogP contribution in [-0.4, -0.2) is 48.6 Å². The monoisotopic (exact) mass is 536 g/mol. The molecule has 2 aromatic heterocycles. The van der Waals surface area contributed by atoms with E-state index in [0.717, 1.165) is 0 Å². The van der Waals surface area contributed by atoms with E-state index in [9.17, 15) is 9.18 Å². The summed E-state index contributed by atoms with van der Waals surface area (Å²) < 4.78 is 27.5. The Balaban J connectivity index is 2.06. The van der Waals surface area contributed by atoms with Crippen molar-refractivity contribution in [3.8, 4) is 17.0 Å². The van der Waals surface area contributed by atoms with E-state index < -0.39 is 17.4 Å². The van der Waals surface area contributed by atoms with Gasteiger partial charge < -0.3 is 15.2 Å². The highest BCUT2D eigenvalue weighted by molar-refractivity contribution is 6.30. The second-order valence-electron chi connectivity index (χ2n) is 8.75. The van der Waals surface area contributed by atoms with Crippen molar-refractivity contribution in [2.24, 2.45) is 10.7 Å². The average Bonchev–Trinajstić information content (AvgIpc) is 3.18. The lowest BCUT2D eigenvalue weighted by Gasteiger charge is -2.31. The molecule has 1 atom stereocenters. The molecular formula is C26H27BClFN6O3. The number of rotatable bonds is 4. The van der Waals surface area contributed by atoms with Crippen LogP contribution in [0.4, 0.5) is 15.0 Å². The molecule has 0 saturated carbocycles. The molecule has 1 aliphatic heterocycles. The van der Waals surface area contributed by atoms with Crippen LogP contribution in [0, 0.1) is 5.82 Å². The number of pyridine rings is 1. The lowest BCUT2D eigenvalue weighted by atomic mass is 9.74. The fourth-order valence-corrected chi connectivity index (χ4v) is 4.61. The summed E-state index contributed by atoms with van der Waals surface area (Å²) in [6.07, 6.45) is 2.74. The summed E-state index contributed by atoms with van der Waals surface area (Å²) in [5.41, 5.74) is 8.73. The molecule has 2 radical (unpaired) electrons. The number of benzene rings is 1. The molecule has 38 heavy (non-hydrogen) atoms. The van der Waals surface area contributed by atoms with Crippen LogP contribution >= 0.6 is 11.6 Å². The molecule has 0 fully saturated rings. The number of hydrogen-bond donors (Lipinski definition) is 2. The predicted molar refractivity (Wildman–Crippen MR) is 146 cm³/mol. The number of nitrogens with two attached hydrogens (primary N) is 1. The smallest absolute Gasteiger partial charge is 0.412 e. The van der Waals surface area contributed by atoms with E-state index in [4.69, 9.17) is 34.7 Å². The topological polar surface area (TPSA) is 117 Å². The highest BCUT2D eigenvalue weighted by atomic mass is 35.5. The van der Waals surface area contributed by atoms with Gasteiger partial charge in [-0.3, -0.25) is 15.0 Å². The third-order valence-electron chi connectivity index (χ3n) is 6.05. The summed E-state index contributed by atoms with van der Waals surface area (Å²) in [6, 6.07) is 5.76. The van der Waals surface area contributed by atoms with Crippen LogP contribution in [0.3, 0.4) is 0 Å². The maximum Gasteiger partial charge on any atom is 0.412 e. The van der Waals surface area contributed by atoms with Crippen LogP contribution in [0.5, 0.6) is 5.75 Å². The molecule has 1 aromatic carbocycles. The minimum atomic E-state index is -1.60. The van der Waals surface area contributed by atoms with Crippen molar-refractivity contribution < 1.29 is 18.7 Å². The van der Waals surface area contributed by atoms with E-state index >= 15 is 0 Å². The lowest BCUT2D eigenvalue weighted by molar-refractivity contribution is 0.165. The number of nitrogens with one attached hydrogen (secondary N) is 1. The average molecular weight is 537 g/mol. The van der Waals surface area contributed by atoms with Gasteiger partial charge in [0.1, 0.15) is 13.7 Å². The lowest BCUT2D eigenvalue weighted by Crippen LogP contribution is -2.32. The maximum atomic E-state index is 14.5. The summed E-state index contributed by atoms with van der Waals surface area (Å²) in [5.74, 6) is -0.336. The minimum absolute atomic E-state index is 0.0661. The molecule has 9 nitrogen and oxygen atoms in total. The highest BCUT2D eigenvalue weighted by Crippen LogP contribution is 2.40. The zero-order valence-corrected chi connectivity index (χ0v) is 22.3. The third-order valence-corrected chi connectivity index (χ3v) is 6.35. The number of hydrogen-bond acceptors (Lipinski definition) is 7. The number of carbonyl (C=O) groups is 1. The quantitative estimate of drug-likeness (QED) is 0.370. The van der Waals surface area contributed by atoms with Gasteiger partial charge in [0.25, 0.3) is 0 Å². The molecule has 2 bridgehead atoms. The van der Waals surface area contributed by atoms with Crippen LogP contribution in [0.2, 0.25) is 5.15 Å². The number of halogens is 2. The minimum Gasteiger partial charge on any atom is -0.489 e. The zero-order chi connectivity index (χ0) is 27.6. The first kappa shape index (κ1) is 27.2. The van der Waals surface area contributed by atoms with E-state index in [-0.39, 0.29) is 35.3 Å². The molecule has 3 N–H and O–H groups in total. The Labute approximate surface area is 226 Å². The fraction of sp³-hybridized carbons (Fsp3) is 0.308. The van der Waals surface area contributed by atoms with Crippen LogP contribution < -0.4 is 15.8 Å². The third kappa shape index (κ3) is 5.24. The van der Waals surface area contributed by atoms with Crippen molar-refractivity contribution in [2.45, 2.75) is 39.2 Å². The standard InChI is InChI=1S/C26H27BClFN6O3/c1-5-35-22-15-10-20(24(32-13-15)33-25(36)37-6-2)38-26(3,27)19-11-16(29)7-8-17(19)21(30)14(12-31-4)9-18(22)23(28)34-35/h7-8,10-13H,5-6,9,30H2,1-4H3,(H,32,33,36)/b21-14-,31-12?/t26-/m1/s1. The Morgan fingerprint density at radius 1 is 1.42 bits per heavy atom. The molecule has 0 unspecified atom stereocenters. The van der Waals surface area contributed by atoms with Gasteiger partial charge in [-0.2, -0.15) is 5.10 Å². The number of amides is 1. The van der Waals surface area contributed by atoms with Gasteiger partial charge in [-0.05, 0) is 56.2 Å². The second kappa shape index (κ2) is 10.9. The number of aliphatic imine (C=N–C) groups is 1. The maximum absolute atomic E-state index is 14.5. The first-order valence-corrected chi connectivity index (χ1v) is 12.4. The number of anilines is 1. The van der Waals surface area contributed by atoms with Gasteiger partial charge >= 0.3 is 6.09 Å². The van der Waals surface area contributed by atoms with Crippen molar-refractivity contribution in [3.05, 3.63) is 63.7 Å². The molecule has 1 aliphatic rings. The van der Waals surface area contributed by atoms with Gasteiger partial charge in [0, 0.05) is 54.8 Å². The van der Waals surface area contributed by atoms with Gasteiger partial charge in [-0.1, -0.05) is 11.6 Å². The Hall–Kier alpha value is -3.86. The molecule has 12 heteroatoms. The number of fused-ring (bicyclic) bond motifs is 5. The Morgan fingerprint density at radius 3 is 2.87 bits per heavy atom. The molecule has 0 aliphatic carbocycles. The van der Waals surface area contributed by atoms with Gasteiger partial charge in [0.15, 0.2) is 16.7 Å². The number of aryl methyl sites for hydroxylation is 1. The van der Waals surface area contributed by atoms with Gasteiger partial charge in [-0.15, -0.1) is 0 Å². The Kier molecular flexibility index (Phi) is 7.77. The summed E-state index contributed by atoms with van der Waals surface area (Å²) in [6.45, 7) is 5.86. The number of allylic oxidation sites excluding steroid dienone is 1. The largest absolute Gasteiger partial charge is 0.489 e. The molecule has 1 amide bonds. The summed E-state index contributed by atoms with van der Waals surface area (Å²) in [7, 11) is 8.29. The Morgan fingerprint density at radius 2 is 2.18 bits per heavy atom. The van der Waals surface area contributed by atoms with Crippen molar-refractivity contribution in [1.29, 1.82) is 0 Å². The molecule has 3 heterocycles. The summed E-state index contributed by atoms with van der Waals surface area (Å²) >= 11 is 6.63. The summed E-state index contributed by atoms with van der Waals surface area (Å²) in [4.78, 5) is 20.8. The predicted octanol–water partition coefficient (Wildman–Crippen LogP) is 4.67. The number of carbonyl (C=O) groups excluding carboxylic acids is 1. The van der Waals surface area contributed by atoms with Crippen LogP contribution in [0.15, 0.2) is 41.0 Å².